The van der Waals surface area contributed by atoms with Crippen LogP contribution in [0.15, 0.2) is 30.3 Å². The lowest BCUT2D eigenvalue weighted by Crippen LogP contribution is -2.42. The monoisotopic (exact) mass is 411 g/mol. The van der Waals surface area contributed by atoms with E-state index >= 15 is 0 Å². The fourth-order valence-electron chi connectivity index (χ4n) is 3.75. The van der Waals surface area contributed by atoms with E-state index < -0.39 is 6.10 Å². The van der Waals surface area contributed by atoms with Gasteiger partial charge in [-0.3, -0.25) is 9.69 Å². The summed E-state index contributed by atoms with van der Waals surface area (Å²) in [6.45, 7) is 5.67. The highest BCUT2D eigenvalue weighted by molar-refractivity contribution is 5.92. The minimum absolute atomic E-state index is 0.182. The van der Waals surface area contributed by atoms with Crippen LogP contribution in [0.25, 0.3) is 0 Å². The zero-order valence-electron chi connectivity index (χ0n) is 17.3. The Morgan fingerprint density at radius 2 is 2.10 bits per heavy atom. The van der Waals surface area contributed by atoms with Crippen LogP contribution in [0.1, 0.15) is 34.4 Å². The first-order valence-electron chi connectivity index (χ1n) is 10.6. The van der Waals surface area contributed by atoms with Gasteiger partial charge in [0.05, 0.1) is 25.4 Å². The van der Waals surface area contributed by atoms with Crippen molar-refractivity contribution >= 4 is 11.7 Å². The number of nitrogens with one attached hydrogen (secondary N) is 2. The number of rotatable bonds is 8. The van der Waals surface area contributed by atoms with Gasteiger partial charge in [-0.25, -0.2) is 9.97 Å². The van der Waals surface area contributed by atoms with Crippen LogP contribution in [0.2, 0.25) is 0 Å². The van der Waals surface area contributed by atoms with Crippen molar-refractivity contribution in [3.05, 3.63) is 53.0 Å². The summed E-state index contributed by atoms with van der Waals surface area (Å²) in [4.78, 5) is 23.6. The average Bonchev–Trinajstić information content (AvgIpc) is 2.74. The highest BCUT2D eigenvalue weighted by atomic mass is 16.5. The Labute approximate surface area is 176 Å². The zero-order chi connectivity index (χ0) is 20.9. The molecule has 1 atom stereocenters. The lowest BCUT2D eigenvalue weighted by atomic mass is 10.00. The van der Waals surface area contributed by atoms with Gasteiger partial charge in [0.1, 0.15) is 17.3 Å². The normalized spacial score (nSPS) is 17.7. The fraction of sp³-hybridized carbons (Fsp3) is 0.500. The maximum Gasteiger partial charge on any atom is 0.270 e. The van der Waals surface area contributed by atoms with Gasteiger partial charge in [0.2, 0.25) is 0 Å². The molecule has 160 valence electrons. The summed E-state index contributed by atoms with van der Waals surface area (Å²) in [6.07, 6.45) is 0.977. The molecule has 3 heterocycles. The topological polar surface area (TPSA) is 99.6 Å². The van der Waals surface area contributed by atoms with Crippen molar-refractivity contribution in [3.63, 3.8) is 0 Å². The van der Waals surface area contributed by atoms with Crippen LogP contribution in [0.5, 0.6) is 0 Å². The molecule has 8 heteroatoms. The third kappa shape index (κ3) is 5.13. The summed E-state index contributed by atoms with van der Waals surface area (Å²) < 4.78 is 5.17. The summed E-state index contributed by atoms with van der Waals surface area (Å²) in [5, 5.41) is 16.5. The highest BCUT2D eigenvalue weighted by Gasteiger charge is 2.21. The van der Waals surface area contributed by atoms with Crippen molar-refractivity contribution in [3.8, 4) is 0 Å². The molecule has 1 unspecified atom stereocenters. The second-order valence-electron chi connectivity index (χ2n) is 7.90. The molecular weight excluding hydrogens is 382 g/mol. The van der Waals surface area contributed by atoms with E-state index in [1.165, 1.54) is 11.1 Å². The molecule has 2 aromatic rings. The molecule has 1 amide bonds. The molecule has 1 aromatic carbocycles. The first-order chi connectivity index (χ1) is 14.6. The lowest BCUT2D eigenvalue weighted by Gasteiger charge is -2.30. The molecule has 3 N–H and O–H groups in total. The van der Waals surface area contributed by atoms with E-state index in [0.29, 0.717) is 43.5 Å². The summed E-state index contributed by atoms with van der Waals surface area (Å²) in [5.74, 6) is 0.939. The Morgan fingerprint density at radius 3 is 2.83 bits per heavy atom. The van der Waals surface area contributed by atoms with Crippen molar-refractivity contribution in [2.45, 2.75) is 38.5 Å². The second-order valence-corrected chi connectivity index (χ2v) is 7.90. The van der Waals surface area contributed by atoms with Gasteiger partial charge in [0.15, 0.2) is 0 Å². The quantitative estimate of drug-likeness (QED) is 0.596. The van der Waals surface area contributed by atoms with Crippen molar-refractivity contribution in [2.75, 3.05) is 38.2 Å². The lowest BCUT2D eigenvalue weighted by molar-refractivity contribution is 0.0209. The fourth-order valence-corrected chi connectivity index (χ4v) is 3.75. The second kappa shape index (κ2) is 9.51. The Hall–Kier alpha value is -2.55. The largest absolute Gasteiger partial charge is 0.390 e. The van der Waals surface area contributed by atoms with Crippen LogP contribution in [-0.4, -0.2) is 70.9 Å². The molecule has 1 saturated heterocycles. The molecule has 4 rings (SSSR count). The third-order valence-corrected chi connectivity index (χ3v) is 5.49. The first kappa shape index (κ1) is 20.7. The zero-order valence-corrected chi connectivity index (χ0v) is 17.3. The number of aromatic nitrogens is 2. The van der Waals surface area contributed by atoms with Gasteiger partial charge in [-0.1, -0.05) is 31.2 Å². The van der Waals surface area contributed by atoms with E-state index in [-0.39, 0.29) is 18.5 Å². The Kier molecular flexibility index (Phi) is 6.56. The molecule has 0 spiro atoms. The molecule has 30 heavy (non-hydrogen) atoms. The van der Waals surface area contributed by atoms with Gasteiger partial charge in [-0.15, -0.1) is 0 Å². The molecular formula is C22H29N5O3. The summed E-state index contributed by atoms with van der Waals surface area (Å²) in [6, 6.07) is 10.3. The van der Waals surface area contributed by atoms with Crippen LogP contribution >= 0.6 is 0 Å². The van der Waals surface area contributed by atoms with Crippen LogP contribution in [0, 0.1) is 0 Å². The third-order valence-electron chi connectivity index (χ3n) is 5.49. The number of hydrogen-bond donors (Lipinski definition) is 3. The molecule has 0 bridgehead atoms. The SMILES string of the molecule is CCc1nc(NC2COC2)cc(C(=O)NCC(O)CN2CCc3ccccc3C2)n1. The number of carbonyl (C=O) groups excluding carboxylic acids is 1. The van der Waals surface area contributed by atoms with Gasteiger partial charge in [-0.05, 0) is 17.5 Å². The van der Waals surface area contributed by atoms with E-state index in [1.54, 1.807) is 6.07 Å². The van der Waals surface area contributed by atoms with Crippen LogP contribution in [0.4, 0.5) is 5.82 Å². The van der Waals surface area contributed by atoms with Crippen molar-refractivity contribution in [1.29, 1.82) is 0 Å². The van der Waals surface area contributed by atoms with Gasteiger partial charge >= 0.3 is 0 Å². The van der Waals surface area contributed by atoms with Crippen LogP contribution in [0.3, 0.4) is 0 Å². The van der Waals surface area contributed by atoms with Crippen molar-refractivity contribution < 1.29 is 14.6 Å². The van der Waals surface area contributed by atoms with E-state index in [9.17, 15) is 9.90 Å². The number of aliphatic hydroxyl groups excluding tert-OH is 1. The Morgan fingerprint density at radius 1 is 1.30 bits per heavy atom. The molecule has 0 aliphatic carbocycles. The van der Waals surface area contributed by atoms with Crippen molar-refractivity contribution in [1.82, 2.24) is 20.2 Å². The number of aliphatic hydroxyl groups is 1. The van der Waals surface area contributed by atoms with Crippen LogP contribution in [-0.2, 0) is 24.1 Å². The minimum Gasteiger partial charge on any atom is -0.390 e. The van der Waals surface area contributed by atoms with Crippen LogP contribution < -0.4 is 10.6 Å². The Balaban J connectivity index is 1.30. The standard InChI is InChI=1S/C22H29N5O3/c1-2-20-25-19(9-21(26-20)24-17-13-30-14-17)22(29)23-10-18(28)12-27-8-7-15-5-3-4-6-16(15)11-27/h3-6,9,17-18,28H,2,7-8,10-14H2,1H3,(H,23,29)(H,24,25,26). The predicted octanol–water partition coefficient (Wildman–Crippen LogP) is 0.999. The molecule has 8 nitrogen and oxygen atoms in total. The number of fused-ring (bicyclic) bond motifs is 1. The first-order valence-corrected chi connectivity index (χ1v) is 10.6. The van der Waals surface area contributed by atoms with E-state index in [0.717, 1.165) is 19.5 Å². The van der Waals surface area contributed by atoms with Gasteiger partial charge in [0.25, 0.3) is 5.91 Å². The van der Waals surface area contributed by atoms with Gasteiger partial charge in [0, 0.05) is 38.7 Å². The van der Waals surface area contributed by atoms with Gasteiger partial charge < -0.3 is 20.5 Å². The number of hydrogen-bond acceptors (Lipinski definition) is 7. The summed E-state index contributed by atoms with van der Waals surface area (Å²) in [5.41, 5.74) is 3.00. The number of aryl methyl sites for hydroxylation is 1. The maximum absolute atomic E-state index is 12.6. The smallest absolute Gasteiger partial charge is 0.270 e. The van der Waals surface area contributed by atoms with E-state index in [4.69, 9.17) is 4.74 Å². The van der Waals surface area contributed by atoms with E-state index in [2.05, 4.69) is 43.7 Å². The predicted molar refractivity (Wildman–Crippen MR) is 113 cm³/mol. The number of carbonyl (C=O) groups is 1. The van der Waals surface area contributed by atoms with Gasteiger partial charge in [-0.2, -0.15) is 0 Å². The summed E-state index contributed by atoms with van der Waals surface area (Å²) >= 11 is 0. The average molecular weight is 412 g/mol. The number of β-amino-alcohol motifs (C(OH)–C–C–N with tert-alkyl or cyclic N) is 1. The molecule has 2 aliphatic heterocycles. The van der Waals surface area contributed by atoms with Crippen molar-refractivity contribution in [2.24, 2.45) is 0 Å². The number of anilines is 1. The van der Waals surface area contributed by atoms with E-state index in [1.807, 2.05) is 13.0 Å². The molecule has 1 fully saturated rings. The summed E-state index contributed by atoms with van der Waals surface area (Å²) in [7, 11) is 0. The maximum atomic E-state index is 12.6. The Bertz CT molecular complexity index is 887. The number of ether oxygens (including phenoxy) is 1. The number of nitrogens with zero attached hydrogens (tertiary/aromatic N) is 3. The molecule has 2 aliphatic rings. The highest BCUT2D eigenvalue weighted by Crippen LogP contribution is 2.18. The number of benzene rings is 1. The minimum atomic E-state index is -0.642. The molecule has 0 radical (unpaired) electrons. The molecule has 1 aromatic heterocycles. The number of amides is 1. The molecule has 0 saturated carbocycles.